The highest BCUT2D eigenvalue weighted by molar-refractivity contribution is 7.05. The number of hydrogen-bond acceptors (Lipinski definition) is 5. The first-order valence-electron chi connectivity index (χ1n) is 8.36. The zero-order chi connectivity index (χ0) is 15.7. The van der Waals surface area contributed by atoms with Gasteiger partial charge in [-0.05, 0) is 63.1 Å². The molecule has 0 radical (unpaired) electrons. The van der Waals surface area contributed by atoms with E-state index in [1.54, 1.807) is 0 Å². The maximum atomic E-state index is 12.8. The predicted molar refractivity (Wildman–Crippen MR) is 88.3 cm³/mol. The Bertz CT molecular complexity index is 544. The average molecular weight is 322 g/mol. The molecule has 1 amide bonds. The number of rotatable bonds is 2. The molecule has 1 aromatic heterocycles. The zero-order valence-electron chi connectivity index (χ0n) is 13.8. The molecule has 2 aliphatic heterocycles. The van der Waals surface area contributed by atoms with Crippen molar-refractivity contribution in [2.24, 2.45) is 0 Å². The van der Waals surface area contributed by atoms with Gasteiger partial charge in [-0.1, -0.05) is 18.3 Å². The van der Waals surface area contributed by atoms with Crippen LogP contribution in [0.25, 0.3) is 0 Å². The van der Waals surface area contributed by atoms with Crippen LogP contribution in [0.3, 0.4) is 0 Å². The van der Waals surface area contributed by atoms with E-state index in [1.807, 2.05) is 4.90 Å². The number of hydrogen-bond donors (Lipinski definition) is 0. The van der Waals surface area contributed by atoms with Crippen LogP contribution in [0.2, 0.25) is 0 Å². The summed E-state index contributed by atoms with van der Waals surface area (Å²) in [5.74, 6) is 0.383. The van der Waals surface area contributed by atoms with Gasteiger partial charge in [-0.2, -0.15) is 0 Å². The molecule has 0 unspecified atom stereocenters. The van der Waals surface area contributed by atoms with Gasteiger partial charge in [-0.25, -0.2) is 0 Å². The summed E-state index contributed by atoms with van der Waals surface area (Å²) in [6, 6.07) is 0. The number of carbonyl (C=O) groups excluding carboxylic acids is 1. The maximum Gasteiger partial charge on any atom is 0.275 e. The van der Waals surface area contributed by atoms with Crippen LogP contribution in [0, 0.1) is 0 Å². The molecule has 22 heavy (non-hydrogen) atoms. The Kier molecular flexibility index (Phi) is 4.50. The standard InChI is InChI=1S/C16H26N4OS/c1-12(2)14-13(17-18-22-14)15(21)20-10-5-7-16(8-11-20)6-4-9-19(16)3/h12H,4-11H2,1-3H3/t16-/m0/s1. The van der Waals surface area contributed by atoms with E-state index in [4.69, 9.17) is 0 Å². The molecule has 6 heteroatoms. The lowest BCUT2D eigenvalue weighted by Gasteiger charge is -2.35. The van der Waals surface area contributed by atoms with Gasteiger partial charge >= 0.3 is 0 Å². The fourth-order valence-corrected chi connectivity index (χ4v) is 4.60. The van der Waals surface area contributed by atoms with Crippen LogP contribution in [-0.4, -0.2) is 57.5 Å². The van der Waals surface area contributed by atoms with Gasteiger partial charge in [-0.15, -0.1) is 5.10 Å². The highest BCUT2D eigenvalue weighted by atomic mass is 32.1. The monoisotopic (exact) mass is 322 g/mol. The van der Waals surface area contributed by atoms with Crippen molar-refractivity contribution < 1.29 is 4.79 Å². The first-order chi connectivity index (χ1) is 10.5. The van der Waals surface area contributed by atoms with Crippen LogP contribution >= 0.6 is 11.5 Å². The number of carbonyl (C=O) groups is 1. The van der Waals surface area contributed by atoms with E-state index in [2.05, 4.69) is 35.4 Å². The smallest absolute Gasteiger partial charge is 0.275 e. The number of likely N-dealkylation sites (tertiary alicyclic amines) is 2. The largest absolute Gasteiger partial charge is 0.337 e. The molecule has 0 N–H and O–H groups in total. The first kappa shape index (κ1) is 15.9. The SMILES string of the molecule is CC(C)c1snnc1C(=O)N1CCC[C@@]2(CCCN2C)CC1. The van der Waals surface area contributed by atoms with Crippen LogP contribution in [-0.2, 0) is 0 Å². The summed E-state index contributed by atoms with van der Waals surface area (Å²) < 4.78 is 4.00. The van der Waals surface area contributed by atoms with E-state index in [1.165, 1.54) is 37.3 Å². The number of amides is 1. The Morgan fingerprint density at radius 3 is 2.55 bits per heavy atom. The number of aromatic nitrogens is 2. The third kappa shape index (κ3) is 2.78. The second-order valence-electron chi connectivity index (χ2n) is 7.04. The van der Waals surface area contributed by atoms with Gasteiger partial charge in [0.05, 0.1) is 4.88 Å². The van der Waals surface area contributed by atoms with Crippen LogP contribution < -0.4 is 0 Å². The normalized spacial score (nSPS) is 26.8. The summed E-state index contributed by atoms with van der Waals surface area (Å²) >= 11 is 1.36. The Hall–Kier alpha value is -1.01. The van der Waals surface area contributed by atoms with Crippen molar-refractivity contribution in [2.75, 3.05) is 26.7 Å². The lowest BCUT2D eigenvalue weighted by atomic mass is 9.88. The lowest BCUT2D eigenvalue weighted by molar-refractivity contribution is 0.0742. The topological polar surface area (TPSA) is 49.3 Å². The van der Waals surface area contributed by atoms with E-state index in [-0.39, 0.29) is 5.91 Å². The molecule has 3 heterocycles. The minimum absolute atomic E-state index is 0.0788. The Morgan fingerprint density at radius 2 is 1.91 bits per heavy atom. The summed E-state index contributed by atoms with van der Waals surface area (Å²) in [4.78, 5) is 18.4. The molecule has 2 saturated heterocycles. The van der Waals surface area contributed by atoms with Gasteiger partial charge in [0.2, 0.25) is 0 Å². The molecule has 5 nitrogen and oxygen atoms in total. The van der Waals surface area contributed by atoms with Gasteiger partial charge in [0.15, 0.2) is 5.69 Å². The van der Waals surface area contributed by atoms with Crippen molar-refractivity contribution >= 4 is 17.4 Å². The van der Waals surface area contributed by atoms with Crippen molar-refractivity contribution in [2.45, 2.75) is 57.4 Å². The van der Waals surface area contributed by atoms with E-state index in [0.29, 0.717) is 17.2 Å². The molecule has 0 aromatic carbocycles. The van der Waals surface area contributed by atoms with Gasteiger partial charge in [0.1, 0.15) is 0 Å². The van der Waals surface area contributed by atoms with Gasteiger partial charge in [-0.3, -0.25) is 4.79 Å². The molecule has 3 rings (SSSR count). The van der Waals surface area contributed by atoms with Crippen LogP contribution in [0.5, 0.6) is 0 Å². The molecule has 122 valence electrons. The predicted octanol–water partition coefficient (Wildman–Crippen LogP) is 2.75. The van der Waals surface area contributed by atoms with Crippen molar-refractivity contribution in [1.29, 1.82) is 0 Å². The maximum absolute atomic E-state index is 12.8. The highest BCUT2D eigenvalue weighted by Crippen LogP contribution is 2.37. The fourth-order valence-electron chi connectivity index (χ4n) is 3.96. The summed E-state index contributed by atoms with van der Waals surface area (Å²) in [7, 11) is 2.24. The third-order valence-electron chi connectivity index (χ3n) is 5.39. The quantitative estimate of drug-likeness (QED) is 0.840. The second kappa shape index (κ2) is 6.24. The molecule has 1 spiro atoms. The summed E-state index contributed by atoms with van der Waals surface area (Å²) in [5.41, 5.74) is 0.909. The summed E-state index contributed by atoms with van der Waals surface area (Å²) in [5, 5.41) is 4.11. The van der Waals surface area contributed by atoms with Crippen LogP contribution in [0.15, 0.2) is 0 Å². The van der Waals surface area contributed by atoms with E-state index in [0.717, 1.165) is 30.8 Å². The Balaban J connectivity index is 1.73. The zero-order valence-corrected chi connectivity index (χ0v) is 14.7. The molecular weight excluding hydrogens is 296 g/mol. The fraction of sp³-hybridized carbons (Fsp3) is 0.812. The van der Waals surface area contributed by atoms with Gasteiger partial charge in [0, 0.05) is 18.6 Å². The van der Waals surface area contributed by atoms with Gasteiger partial charge < -0.3 is 9.80 Å². The molecule has 1 aromatic rings. The lowest BCUT2D eigenvalue weighted by Crippen LogP contribution is -2.42. The van der Waals surface area contributed by atoms with E-state index >= 15 is 0 Å². The highest BCUT2D eigenvalue weighted by Gasteiger charge is 2.40. The average Bonchev–Trinajstić information content (AvgIpc) is 3.03. The molecule has 0 bridgehead atoms. The molecule has 2 fully saturated rings. The third-order valence-corrected chi connectivity index (χ3v) is 6.41. The second-order valence-corrected chi connectivity index (χ2v) is 7.82. The van der Waals surface area contributed by atoms with Crippen molar-refractivity contribution in [1.82, 2.24) is 19.4 Å². The first-order valence-corrected chi connectivity index (χ1v) is 9.13. The molecule has 2 aliphatic rings. The minimum Gasteiger partial charge on any atom is -0.337 e. The van der Waals surface area contributed by atoms with Crippen LogP contribution in [0.1, 0.15) is 67.2 Å². The van der Waals surface area contributed by atoms with Crippen LogP contribution in [0.4, 0.5) is 0 Å². The van der Waals surface area contributed by atoms with E-state index < -0.39 is 0 Å². The summed E-state index contributed by atoms with van der Waals surface area (Å²) in [6.07, 6.45) is 5.95. The molecule has 0 saturated carbocycles. The Labute approximate surface area is 136 Å². The van der Waals surface area contributed by atoms with E-state index in [9.17, 15) is 4.79 Å². The minimum atomic E-state index is 0.0788. The van der Waals surface area contributed by atoms with Gasteiger partial charge in [0.25, 0.3) is 5.91 Å². The molecular formula is C16H26N4OS. The van der Waals surface area contributed by atoms with Crippen molar-refractivity contribution in [3.63, 3.8) is 0 Å². The molecule has 0 aliphatic carbocycles. The molecule has 1 atom stereocenters. The van der Waals surface area contributed by atoms with Crippen molar-refractivity contribution in [3.05, 3.63) is 10.6 Å². The number of nitrogens with zero attached hydrogens (tertiary/aromatic N) is 4. The summed E-state index contributed by atoms with van der Waals surface area (Å²) in [6.45, 7) is 7.08. The Morgan fingerprint density at radius 1 is 1.18 bits per heavy atom. The van der Waals surface area contributed by atoms with Crippen molar-refractivity contribution in [3.8, 4) is 0 Å².